The number of thiophene rings is 1. The van der Waals surface area contributed by atoms with Crippen LogP contribution in [0.15, 0.2) is 102 Å². The molecule has 0 radical (unpaired) electrons. The largest absolute Gasteiger partial charge is 0.373 e. The quantitative estimate of drug-likeness (QED) is 0.169. The van der Waals surface area contributed by atoms with Crippen LogP contribution in [0.1, 0.15) is 5.56 Å². The Labute approximate surface area is 228 Å². The van der Waals surface area contributed by atoms with Gasteiger partial charge >= 0.3 is 0 Å². The van der Waals surface area contributed by atoms with Crippen molar-refractivity contribution in [1.82, 2.24) is 25.1 Å². The van der Waals surface area contributed by atoms with Gasteiger partial charge in [0.2, 0.25) is 0 Å². The zero-order valence-corrected chi connectivity index (χ0v) is 21.6. The third kappa shape index (κ3) is 4.56. The van der Waals surface area contributed by atoms with Gasteiger partial charge in [-0.15, -0.1) is 0 Å². The van der Waals surface area contributed by atoms with Gasteiger partial charge in [0.15, 0.2) is 0 Å². The van der Waals surface area contributed by atoms with E-state index >= 15 is 0 Å². The molecule has 8 heteroatoms. The Hall–Kier alpha value is -4.79. The smallest absolute Gasteiger partial charge is 0.135 e. The van der Waals surface area contributed by atoms with Gasteiger partial charge in [-0.3, -0.25) is 10.1 Å². The zero-order chi connectivity index (χ0) is 26.2. The molecule has 0 spiro atoms. The SMILES string of the molecule is OC(Cc1ccccc1)Nc1cncc(-c2ccc3[nH]nc(-c4cc5c(-c6ccsc6)cccc5[nH]4)c3n2)c1. The predicted molar refractivity (Wildman–Crippen MR) is 158 cm³/mol. The van der Waals surface area contributed by atoms with Crippen LogP contribution >= 0.6 is 11.3 Å². The molecule has 7 nitrogen and oxygen atoms in total. The second-order valence-electron chi connectivity index (χ2n) is 9.44. The lowest BCUT2D eigenvalue weighted by atomic mass is 10.0. The number of nitrogens with one attached hydrogen (secondary N) is 3. The summed E-state index contributed by atoms with van der Waals surface area (Å²) in [5.41, 5.74) is 10.1. The molecule has 7 rings (SSSR count). The Morgan fingerprint density at radius 1 is 0.897 bits per heavy atom. The van der Waals surface area contributed by atoms with E-state index in [1.165, 1.54) is 11.1 Å². The van der Waals surface area contributed by atoms with Crippen molar-refractivity contribution >= 4 is 39.0 Å². The van der Waals surface area contributed by atoms with Gasteiger partial charge in [-0.25, -0.2) is 4.98 Å². The normalized spacial score (nSPS) is 12.2. The molecular weight excluding hydrogens is 504 g/mol. The summed E-state index contributed by atoms with van der Waals surface area (Å²) in [6.07, 6.45) is 3.24. The third-order valence-electron chi connectivity index (χ3n) is 6.80. The van der Waals surface area contributed by atoms with Crippen LogP contribution in [0.2, 0.25) is 0 Å². The minimum Gasteiger partial charge on any atom is -0.373 e. The number of hydrogen-bond acceptors (Lipinski definition) is 6. The molecule has 0 aliphatic heterocycles. The highest BCUT2D eigenvalue weighted by atomic mass is 32.1. The molecule has 0 bridgehead atoms. The minimum atomic E-state index is -0.735. The molecule has 7 aromatic rings. The minimum absolute atomic E-state index is 0.492. The lowest BCUT2D eigenvalue weighted by molar-refractivity contribution is 0.204. The molecule has 39 heavy (non-hydrogen) atoms. The standard InChI is InChI=1S/C31H24N6OS/c38-29(13-19-5-2-1-3-6-19)33-22-14-21(16-32-17-22)25-9-10-27-30(35-25)31(37-36-27)28-15-24-23(20-11-12-39-18-20)7-4-8-26(24)34-28/h1-12,14-18,29,33-34,38H,13H2,(H,36,37). The Balaban J connectivity index is 1.21. The lowest BCUT2D eigenvalue weighted by Gasteiger charge is -2.14. The molecule has 2 aromatic carbocycles. The Morgan fingerprint density at radius 3 is 2.69 bits per heavy atom. The highest BCUT2D eigenvalue weighted by molar-refractivity contribution is 7.08. The van der Waals surface area contributed by atoms with Crippen molar-refractivity contribution in [3.05, 3.63) is 108 Å². The molecule has 5 aromatic heterocycles. The van der Waals surface area contributed by atoms with E-state index in [-0.39, 0.29) is 0 Å². The van der Waals surface area contributed by atoms with Gasteiger partial charge < -0.3 is 15.4 Å². The van der Waals surface area contributed by atoms with E-state index < -0.39 is 6.23 Å². The number of fused-ring (bicyclic) bond motifs is 2. The number of pyridine rings is 2. The van der Waals surface area contributed by atoms with Crippen molar-refractivity contribution < 1.29 is 5.11 Å². The van der Waals surface area contributed by atoms with Crippen LogP contribution in [0.4, 0.5) is 5.69 Å². The molecule has 0 saturated carbocycles. The lowest BCUT2D eigenvalue weighted by Crippen LogP contribution is -2.21. The van der Waals surface area contributed by atoms with Crippen LogP contribution in [0, 0.1) is 0 Å². The van der Waals surface area contributed by atoms with Crippen LogP contribution in [0.25, 0.3) is 55.7 Å². The van der Waals surface area contributed by atoms with Crippen molar-refractivity contribution in [2.45, 2.75) is 12.6 Å². The molecule has 190 valence electrons. The summed E-state index contributed by atoms with van der Waals surface area (Å²) in [6.45, 7) is 0. The van der Waals surface area contributed by atoms with Crippen LogP contribution in [0.3, 0.4) is 0 Å². The van der Waals surface area contributed by atoms with E-state index in [0.717, 1.165) is 55.8 Å². The molecule has 1 unspecified atom stereocenters. The summed E-state index contributed by atoms with van der Waals surface area (Å²) in [4.78, 5) is 12.9. The van der Waals surface area contributed by atoms with Crippen molar-refractivity contribution in [2.24, 2.45) is 0 Å². The van der Waals surface area contributed by atoms with E-state index in [1.54, 1.807) is 23.7 Å². The van der Waals surface area contributed by atoms with Crippen molar-refractivity contribution in [2.75, 3.05) is 5.32 Å². The molecule has 0 aliphatic carbocycles. The fraction of sp³-hybridized carbons (Fsp3) is 0.0645. The second kappa shape index (κ2) is 9.83. The molecule has 5 heterocycles. The zero-order valence-electron chi connectivity index (χ0n) is 20.8. The fourth-order valence-electron chi connectivity index (χ4n) is 4.94. The molecule has 0 amide bonds. The van der Waals surface area contributed by atoms with E-state index in [9.17, 15) is 5.11 Å². The second-order valence-corrected chi connectivity index (χ2v) is 10.2. The van der Waals surface area contributed by atoms with E-state index in [0.29, 0.717) is 6.42 Å². The summed E-state index contributed by atoms with van der Waals surface area (Å²) in [5, 5.41) is 26.8. The maximum absolute atomic E-state index is 10.6. The summed E-state index contributed by atoms with van der Waals surface area (Å²) >= 11 is 1.69. The van der Waals surface area contributed by atoms with Crippen LogP contribution in [-0.2, 0) is 6.42 Å². The fourth-order valence-corrected chi connectivity index (χ4v) is 5.60. The van der Waals surface area contributed by atoms with Gasteiger partial charge in [0.25, 0.3) is 0 Å². The highest BCUT2D eigenvalue weighted by Crippen LogP contribution is 2.35. The van der Waals surface area contributed by atoms with Crippen LogP contribution < -0.4 is 5.32 Å². The number of aliphatic hydroxyl groups is 1. The monoisotopic (exact) mass is 528 g/mol. The van der Waals surface area contributed by atoms with E-state index in [2.05, 4.69) is 66.6 Å². The van der Waals surface area contributed by atoms with Crippen molar-refractivity contribution in [1.29, 1.82) is 0 Å². The Kier molecular flexibility index (Phi) is 5.88. The third-order valence-corrected chi connectivity index (χ3v) is 7.48. The van der Waals surface area contributed by atoms with Crippen molar-refractivity contribution in [3.8, 4) is 33.8 Å². The van der Waals surface area contributed by atoms with Gasteiger partial charge in [0, 0.05) is 29.1 Å². The van der Waals surface area contributed by atoms with Gasteiger partial charge in [-0.05, 0) is 63.8 Å². The van der Waals surface area contributed by atoms with Gasteiger partial charge in [0.05, 0.1) is 28.8 Å². The summed E-state index contributed by atoms with van der Waals surface area (Å²) in [6, 6.07) is 26.4. The predicted octanol–water partition coefficient (Wildman–Crippen LogP) is 6.87. The average molecular weight is 529 g/mol. The van der Waals surface area contributed by atoms with Crippen LogP contribution in [0.5, 0.6) is 0 Å². The first-order valence-corrected chi connectivity index (χ1v) is 13.6. The number of benzene rings is 2. The molecular formula is C31H24N6OS. The molecule has 4 N–H and O–H groups in total. The first-order chi connectivity index (χ1) is 19.2. The maximum Gasteiger partial charge on any atom is 0.135 e. The summed E-state index contributed by atoms with van der Waals surface area (Å²) < 4.78 is 0. The number of hydrogen-bond donors (Lipinski definition) is 4. The van der Waals surface area contributed by atoms with Gasteiger partial charge in [0.1, 0.15) is 17.4 Å². The van der Waals surface area contributed by atoms with E-state index in [4.69, 9.17) is 4.98 Å². The van der Waals surface area contributed by atoms with E-state index in [1.807, 2.05) is 48.5 Å². The number of anilines is 1. The first-order valence-electron chi connectivity index (χ1n) is 12.6. The summed E-state index contributed by atoms with van der Waals surface area (Å²) in [7, 11) is 0. The highest BCUT2D eigenvalue weighted by Gasteiger charge is 2.16. The van der Waals surface area contributed by atoms with Gasteiger partial charge in [-0.1, -0.05) is 42.5 Å². The number of aromatic amines is 2. The maximum atomic E-state index is 10.6. The van der Waals surface area contributed by atoms with Crippen LogP contribution in [-0.4, -0.2) is 36.5 Å². The topological polar surface area (TPSA) is 103 Å². The molecule has 0 saturated heterocycles. The van der Waals surface area contributed by atoms with Crippen molar-refractivity contribution in [3.63, 3.8) is 0 Å². The molecule has 0 aliphatic rings. The molecule has 0 fully saturated rings. The number of aliphatic hydroxyl groups excluding tert-OH is 1. The number of aromatic nitrogens is 5. The Morgan fingerprint density at radius 2 is 1.82 bits per heavy atom. The molecule has 1 atom stereocenters. The summed E-state index contributed by atoms with van der Waals surface area (Å²) in [5.74, 6) is 0. The number of rotatable bonds is 7. The van der Waals surface area contributed by atoms with Gasteiger partial charge in [-0.2, -0.15) is 16.4 Å². The Bertz CT molecular complexity index is 1890. The average Bonchev–Trinajstić information content (AvgIpc) is 3.73. The first kappa shape index (κ1) is 23.3. The number of H-pyrrole nitrogens is 2. The number of nitrogens with zero attached hydrogens (tertiary/aromatic N) is 3.